The number of aromatic nitrogens is 2. The fraction of sp³-hybridized carbons (Fsp3) is 0.0800. The van der Waals surface area contributed by atoms with Gasteiger partial charge in [-0.25, -0.2) is 9.37 Å². The molecular weight excluding hydrogens is 423 g/mol. The van der Waals surface area contributed by atoms with Gasteiger partial charge in [0.15, 0.2) is 0 Å². The number of nitrogens with zero attached hydrogens (tertiary/aromatic N) is 2. The van der Waals surface area contributed by atoms with E-state index in [1.54, 1.807) is 49.1 Å². The Balaban J connectivity index is 1.36. The summed E-state index contributed by atoms with van der Waals surface area (Å²) < 4.78 is 21.1. The molecule has 33 heavy (non-hydrogen) atoms. The van der Waals surface area contributed by atoms with Gasteiger partial charge >= 0.3 is 0 Å². The molecule has 3 heterocycles. The van der Waals surface area contributed by atoms with E-state index in [1.807, 2.05) is 17.7 Å². The quantitative estimate of drug-likeness (QED) is 0.453. The Morgan fingerprint density at radius 3 is 2.91 bits per heavy atom. The van der Waals surface area contributed by atoms with Gasteiger partial charge in [0.05, 0.1) is 30.4 Å². The summed E-state index contributed by atoms with van der Waals surface area (Å²) in [5.74, 6) is -0.501. The summed E-state index contributed by atoms with van der Waals surface area (Å²) in [5, 5.41) is 5.60. The molecule has 7 nitrogen and oxygen atoms in total. The van der Waals surface area contributed by atoms with Gasteiger partial charge in [-0.15, -0.1) is 0 Å². The van der Waals surface area contributed by atoms with E-state index in [9.17, 15) is 14.0 Å². The smallest absolute Gasteiger partial charge is 0.256 e. The van der Waals surface area contributed by atoms with Gasteiger partial charge in [-0.1, -0.05) is 12.1 Å². The number of rotatable bonds is 5. The summed E-state index contributed by atoms with van der Waals surface area (Å²) in [7, 11) is 1.87. The number of hydrogen-bond acceptors (Lipinski definition) is 4. The molecule has 0 saturated carbocycles. The molecule has 0 saturated heterocycles. The summed E-state index contributed by atoms with van der Waals surface area (Å²) in [6.07, 6.45) is 6.51. The summed E-state index contributed by atoms with van der Waals surface area (Å²) >= 11 is 0. The van der Waals surface area contributed by atoms with Gasteiger partial charge in [0.2, 0.25) is 0 Å². The van der Waals surface area contributed by atoms with E-state index in [4.69, 9.17) is 4.42 Å². The summed E-state index contributed by atoms with van der Waals surface area (Å²) in [4.78, 5) is 29.0. The Morgan fingerprint density at radius 2 is 2.09 bits per heavy atom. The number of benzene rings is 2. The lowest BCUT2D eigenvalue weighted by molar-refractivity contribution is -0.110. The number of carbonyl (C=O) groups is 2. The number of anilines is 1. The lowest BCUT2D eigenvalue weighted by Gasteiger charge is -2.07. The van der Waals surface area contributed by atoms with Crippen LogP contribution in [0.15, 0.2) is 71.7 Å². The average molecular weight is 442 g/mol. The molecule has 0 aliphatic carbocycles. The zero-order chi connectivity index (χ0) is 22.9. The molecule has 0 bridgehead atoms. The Labute approximate surface area is 188 Å². The van der Waals surface area contributed by atoms with Crippen LogP contribution in [0, 0.1) is 5.82 Å². The number of nitrogens with one attached hydrogen (secondary N) is 2. The molecule has 2 aromatic carbocycles. The summed E-state index contributed by atoms with van der Waals surface area (Å²) in [5.41, 5.74) is 4.32. The molecule has 5 rings (SSSR count). The highest BCUT2D eigenvalue weighted by Gasteiger charge is 2.25. The van der Waals surface area contributed by atoms with E-state index in [0.29, 0.717) is 34.7 Å². The molecule has 0 unspecified atom stereocenters. The van der Waals surface area contributed by atoms with E-state index in [1.165, 1.54) is 18.2 Å². The Kier molecular flexibility index (Phi) is 5.10. The molecule has 0 radical (unpaired) electrons. The number of furan rings is 1. The van der Waals surface area contributed by atoms with Crippen molar-refractivity contribution in [2.45, 2.75) is 6.54 Å². The number of fused-ring (bicyclic) bond motifs is 1. The van der Waals surface area contributed by atoms with Gasteiger partial charge < -0.3 is 19.6 Å². The highest BCUT2D eigenvalue weighted by atomic mass is 19.1. The molecule has 4 aromatic rings. The van der Waals surface area contributed by atoms with Crippen molar-refractivity contribution in [3.8, 4) is 11.1 Å². The first-order valence-corrected chi connectivity index (χ1v) is 10.2. The van der Waals surface area contributed by atoms with Crippen molar-refractivity contribution >= 4 is 29.2 Å². The molecule has 8 heteroatoms. The molecular formula is C25H19FN4O3. The first kappa shape index (κ1) is 20.4. The third kappa shape index (κ3) is 4.06. The Hall–Kier alpha value is -4.46. The van der Waals surface area contributed by atoms with Crippen LogP contribution in [-0.4, -0.2) is 21.4 Å². The standard InChI is InChI=1S/C25H19FN4O3/c1-30-14-27-11-19(30)12-28-24(31)16-4-2-3-15(7-16)17-8-20(33-13-17)10-22-21-9-18(26)5-6-23(21)29-25(22)32/h2-11,13-14H,12H2,1H3,(H,28,31)(H,29,32). The van der Waals surface area contributed by atoms with E-state index in [-0.39, 0.29) is 11.8 Å². The van der Waals surface area contributed by atoms with Crippen LogP contribution in [0.1, 0.15) is 27.4 Å². The van der Waals surface area contributed by atoms with Crippen molar-refractivity contribution in [1.82, 2.24) is 14.9 Å². The first-order chi connectivity index (χ1) is 16.0. The van der Waals surface area contributed by atoms with Crippen LogP contribution in [0.2, 0.25) is 0 Å². The maximum Gasteiger partial charge on any atom is 0.256 e. The molecule has 0 spiro atoms. The van der Waals surface area contributed by atoms with E-state index >= 15 is 0 Å². The topological polar surface area (TPSA) is 89.2 Å². The van der Waals surface area contributed by atoms with Crippen molar-refractivity contribution in [1.29, 1.82) is 0 Å². The number of hydrogen-bond donors (Lipinski definition) is 2. The predicted octanol–water partition coefficient (Wildman–Crippen LogP) is 4.24. The third-order valence-corrected chi connectivity index (χ3v) is 5.48. The first-order valence-electron chi connectivity index (χ1n) is 10.2. The third-order valence-electron chi connectivity index (χ3n) is 5.48. The molecule has 0 atom stereocenters. The van der Waals surface area contributed by atoms with Crippen molar-refractivity contribution in [3.05, 3.63) is 95.7 Å². The SMILES string of the molecule is Cn1cncc1CNC(=O)c1cccc(-c2coc(C=C3C(=O)Nc4ccc(F)cc43)c2)c1. The van der Waals surface area contributed by atoms with Gasteiger partial charge in [-0.3, -0.25) is 9.59 Å². The van der Waals surface area contributed by atoms with Crippen LogP contribution in [-0.2, 0) is 18.4 Å². The summed E-state index contributed by atoms with van der Waals surface area (Å²) in [6, 6.07) is 13.1. The van der Waals surface area contributed by atoms with Gasteiger partial charge in [-0.2, -0.15) is 0 Å². The van der Waals surface area contributed by atoms with E-state index in [2.05, 4.69) is 15.6 Å². The lowest BCUT2D eigenvalue weighted by atomic mass is 10.0. The van der Waals surface area contributed by atoms with Crippen molar-refractivity contribution in [2.75, 3.05) is 5.32 Å². The maximum atomic E-state index is 13.7. The highest BCUT2D eigenvalue weighted by Crippen LogP contribution is 2.34. The number of halogens is 1. The molecule has 164 valence electrons. The lowest BCUT2D eigenvalue weighted by Crippen LogP contribution is -2.23. The van der Waals surface area contributed by atoms with E-state index in [0.717, 1.165) is 16.8 Å². The minimum absolute atomic E-state index is 0.204. The van der Waals surface area contributed by atoms with E-state index < -0.39 is 5.82 Å². The zero-order valence-electron chi connectivity index (χ0n) is 17.6. The largest absolute Gasteiger partial charge is 0.464 e. The van der Waals surface area contributed by atoms with Crippen molar-refractivity contribution < 1.29 is 18.4 Å². The minimum atomic E-state index is -0.422. The Morgan fingerprint density at radius 1 is 1.21 bits per heavy atom. The predicted molar refractivity (Wildman–Crippen MR) is 121 cm³/mol. The van der Waals surface area contributed by atoms with Crippen LogP contribution in [0.25, 0.3) is 22.8 Å². The fourth-order valence-electron chi connectivity index (χ4n) is 3.69. The van der Waals surface area contributed by atoms with Crippen LogP contribution in [0.4, 0.5) is 10.1 Å². The second kappa shape index (κ2) is 8.23. The second-order valence-electron chi connectivity index (χ2n) is 7.70. The molecule has 2 aromatic heterocycles. The molecule has 2 amide bonds. The normalized spacial score (nSPS) is 13.8. The van der Waals surface area contributed by atoms with Crippen LogP contribution < -0.4 is 10.6 Å². The number of aryl methyl sites for hydroxylation is 1. The van der Waals surface area contributed by atoms with Crippen LogP contribution >= 0.6 is 0 Å². The van der Waals surface area contributed by atoms with Crippen molar-refractivity contribution in [2.24, 2.45) is 7.05 Å². The van der Waals surface area contributed by atoms with Crippen molar-refractivity contribution in [3.63, 3.8) is 0 Å². The molecule has 0 fully saturated rings. The van der Waals surface area contributed by atoms with Gasteiger partial charge in [-0.05, 0) is 48.0 Å². The number of imidazole rings is 1. The monoisotopic (exact) mass is 442 g/mol. The Bertz CT molecular complexity index is 1420. The van der Waals surface area contributed by atoms with Gasteiger partial charge in [0.1, 0.15) is 11.6 Å². The van der Waals surface area contributed by atoms with Crippen LogP contribution in [0.3, 0.4) is 0 Å². The average Bonchev–Trinajstić information content (AvgIpc) is 3.52. The minimum Gasteiger partial charge on any atom is -0.464 e. The zero-order valence-corrected chi connectivity index (χ0v) is 17.6. The molecule has 1 aliphatic heterocycles. The van der Waals surface area contributed by atoms with Gasteiger partial charge in [0.25, 0.3) is 11.8 Å². The summed E-state index contributed by atoms with van der Waals surface area (Å²) in [6.45, 7) is 0.368. The van der Waals surface area contributed by atoms with Gasteiger partial charge in [0, 0.05) is 35.6 Å². The molecule has 1 aliphatic rings. The maximum absolute atomic E-state index is 13.7. The highest BCUT2D eigenvalue weighted by molar-refractivity contribution is 6.34. The fourth-order valence-corrected chi connectivity index (χ4v) is 3.69. The second-order valence-corrected chi connectivity index (χ2v) is 7.70. The number of amides is 2. The number of carbonyl (C=O) groups excluding carboxylic acids is 2. The molecule has 2 N–H and O–H groups in total. The van der Waals surface area contributed by atoms with Crippen LogP contribution in [0.5, 0.6) is 0 Å².